The van der Waals surface area contributed by atoms with Crippen LogP contribution in [-0.2, 0) is 9.53 Å². The fourth-order valence-electron chi connectivity index (χ4n) is 1.98. The van der Waals surface area contributed by atoms with Crippen molar-refractivity contribution >= 4 is 17.4 Å². The number of carbonyl (C=O) groups excluding carboxylic acids is 2. The molecular formula is C15H17NO3. The van der Waals surface area contributed by atoms with Gasteiger partial charge in [0, 0.05) is 23.9 Å². The molecule has 0 radical (unpaired) electrons. The van der Waals surface area contributed by atoms with Crippen LogP contribution in [0.15, 0.2) is 36.0 Å². The van der Waals surface area contributed by atoms with Crippen LogP contribution < -0.4 is 5.32 Å². The summed E-state index contributed by atoms with van der Waals surface area (Å²) in [6, 6.07) is 7.00. The number of nitrogens with one attached hydrogen (secondary N) is 1. The van der Waals surface area contributed by atoms with Crippen LogP contribution in [0.3, 0.4) is 0 Å². The zero-order valence-electron chi connectivity index (χ0n) is 10.9. The van der Waals surface area contributed by atoms with Crippen LogP contribution in [-0.4, -0.2) is 18.4 Å². The molecule has 0 aliphatic heterocycles. The molecule has 1 aromatic rings. The third kappa shape index (κ3) is 3.44. The van der Waals surface area contributed by atoms with E-state index in [-0.39, 0.29) is 11.8 Å². The second kappa shape index (κ2) is 6.18. The number of hydrogen-bond acceptors (Lipinski definition) is 4. The Kier molecular flexibility index (Phi) is 4.34. The van der Waals surface area contributed by atoms with Crippen LogP contribution in [0, 0.1) is 0 Å². The first-order chi connectivity index (χ1) is 9.20. The molecule has 0 amide bonds. The largest absolute Gasteiger partial charge is 0.462 e. The highest BCUT2D eigenvalue weighted by Crippen LogP contribution is 2.20. The summed E-state index contributed by atoms with van der Waals surface area (Å²) in [7, 11) is 0. The Balaban J connectivity index is 1.99. The van der Waals surface area contributed by atoms with E-state index in [1.807, 2.05) is 0 Å². The van der Waals surface area contributed by atoms with Gasteiger partial charge in [0.25, 0.3) is 0 Å². The van der Waals surface area contributed by atoms with Crippen LogP contribution in [0.2, 0.25) is 0 Å². The zero-order chi connectivity index (χ0) is 13.7. The molecule has 2 rings (SSSR count). The van der Waals surface area contributed by atoms with E-state index in [0.29, 0.717) is 18.6 Å². The molecule has 1 aliphatic rings. The lowest BCUT2D eigenvalue weighted by Gasteiger charge is -2.04. The Hall–Kier alpha value is -2.10. The summed E-state index contributed by atoms with van der Waals surface area (Å²) in [4.78, 5) is 22.9. The minimum atomic E-state index is -0.321. The summed E-state index contributed by atoms with van der Waals surface area (Å²) in [6.45, 7) is 2.14. The Morgan fingerprint density at radius 2 is 2.05 bits per heavy atom. The van der Waals surface area contributed by atoms with Crippen LogP contribution >= 0.6 is 0 Å². The molecule has 4 heteroatoms. The average molecular weight is 259 g/mol. The summed E-state index contributed by atoms with van der Waals surface area (Å²) in [5.74, 6) is -0.103. The van der Waals surface area contributed by atoms with Crippen molar-refractivity contribution in [2.24, 2.45) is 0 Å². The van der Waals surface area contributed by atoms with E-state index in [4.69, 9.17) is 4.74 Å². The number of hydrogen-bond donors (Lipinski definition) is 1. The molecule has 0 unspecified atom stereocenters. The Morgan fingerprint density at radius 3 is 2.63 bits per heavy atom. The first kappa shape index (κ1) is 13.3. The van der Waals surface area contributed by atoms with Gasteiger partial charge in [-0.1, -0.05) is 0 Å². The molecule has 0 saturated heterocycles. The van der Waals surface area contributed by atoms with Gasteiger partial charge >= 0.3 is 5.97 Å². The number of Topliss-reactive ketones (excluding diaryl/α,β-unsaturated/α-hetero) is 1. The maximum absolute atomic E-state index is 11.5. The Morgan fingerprint density at radius 1 is 1.32 bits per heavy atom. The Labute approximate surface area is 112 Å². The van der Waals surface area contributed by atoms with E-state index in [1.165, 1.54) is 0 Å². The van der Waals surface area contributed by atoms with Crippen LogP contribution in [0.5, 0.6) is 0 Å². The topological polar surface area (TPSA) is 55.4 Å². The van der Waals surface area contributed by atoms with Crippen molar-refractivity contribution in [3.63, 3.8) is 0 Å². The van der Waals surface area contributed by atoms with Gasteiger partial charge in [-0.05, 0) is 44.0 Å². The highest BCUT2D eigenvalue weighted by atomic mass is 16.5. The quantitative estimate of drug-likeness (QED) is 0.667. The van der Waals surface area contributed by atoms with Crippen LogP contribution in [0.1, 0.15) is 36.5 Å². The number of ether oxygens (including phenoxy) is 1. The van der Waals surface area contributed by atoms with Crippen molar-refractivity contribution in [1.82, 2.24) is 0 Å². The van der Waals surface area contributed by atoms with Gasteiger partial charge in [0.05, 0.1) is 12.2 Å². The lowest BCUT2D eigenvalue weighted by atomic mass is 10.2. The molecule has 1 N–H and O–H groups in total. The van der Waals surface area contributed by atoms with Crippen molar-refractivity contribution in [2.75, 3.05) is 11.9 Å². The fraction of sp³-hybridized carbons (Fsp3) is 0.333. The molecule has 19 heavy (non-hydrogen) atoms. The molecule has 0 spiro atoms. The average Bonchev–Trinajstić information content (AvgIpc) is 2.83. The second-order valence-electron chi connectivity index (χ2n) is 4.39. The molecule has 4 nitrogen and oxygen atoms in total. The van der Waals surface area contributed by atoms with E-state index >= 15 is 0 Å². The summed E-state index contributed by atoms with van der Waals surface area (Å²) < 4.78 is 4.91. The van der Waals surface area contributed by atoms with Gasteiger partial charge in [-0.3, -0.25) is 4.79 Å². The van der Waals surface area contributed by atoms with Crippen LogP contribution in [0.25, 0.3) is 0 Å². The van der Waals surface area contributed by atoms with E-state index in [0.717, 1.165) is 24.1 Å². The number of anilines is 1. The number of esters is 1. The van der Waals surface area contributed by atoms with E-state index in [2.05, 4.69) is 5.32 Å². The summed E-state index contributed by atoms with van der Waals surface area (Å²) in [5, 5.41) is 3.08. The van der Waals surface area contributed by atoms with Crippen molar-refractivity contribution < 1.29 is 14.3 Å². The lowest BCUT2D eigenvalue weighted by molar-refractivity contribution is -0.114. The first-order valence-corrected chi connectivity index (χ1v) is 6.46. The summed E-state index contributed by atoms with van der Waals surface area (Å²) in [5.41, 5.74) is 2.21. The van der Waals surface area contributed by atoms with Crippen LogP contribution in [0.4, 0.5) is 5.69 Å². The highest BCUT2D eigenvalue weighted by Gasteiger charge is 2.16. The van der Waals surface area contributed by atoms with Gasteiger partial charge in [0.1, 0.15) is 0 Å². The van der Waals surface area contributed by atoms with E-state index in [9.17, 15) is 9.59 Å². The number of benzene rings is 1. The third-order valence-electron chi connectivity index (χ3n) is 3.02. The first-order valence-electron chi connectivity index (χ1n) is 6.46. The monoisotopic (exact) mass is 259 g/mol. The maximum Gasteiger partial charge on any atom is 0.338 e. The SMILES string of the molecule is CCOC(=O)c1ccc(N/C=C2/CCCC2=O)cc1. The van der Waals surface area contributed by atoms with E-state index < -0.39 is 0 Å². The highest BCUT2D eigenvalue weighted by molar-refractivity contribution is 5.97. The maximum atomic E-state index is 11.5. The second-order valence-corrected chi connectivity index (χ2v) is 4.39. The number of allylic oxidation sites excluding steroid dienone is 1. The standard InChI is InChI=1S/C15H17NO3/c1-2-19-15(18)11-6-8-13(9-7-11)16-10-12-4-3-5-14(12)17/h6-10,16H,2-5H2,1H3/b12-10-. The lowest BCUT2D eigenvalue weighted by Crippen LogP contribution is -2.04. The molecule has 1 saturated carbocycles. The summed E-state index contributed by atoms with van der Waals surface area (Å²) >= 11 is 0. The normalized spacial score (nSPS) is 16.7. The molecule has 0 heterocycles. The molecule has 0 aromatic heterocycles. The zero-order valence-corrected chi connectivity index (χ0v) is 10.9. The Bertz CT molecular complexity index is 503. The van der Waals surface area contributed by atoms with Gasteiger partial charge in [0.15, 0.2) is 5.78 Å². The molecule has 1 aliphatic carbocycles. The number of carbonyl (C=O) groups is 2. The van der Waals surface area contributed by atoms with Crippen molar-refractivity contribution in [2.45, 2.75) is 26.2 Å². The molecule has 1 fully saturated rings. The molecular weight excluding hydrogens is 242 g/mol. The van der Waals surface area contributed by atoms with Crippen molar-refractivity contribution in [3.05, 3.63) is 41.6 Å². The third-order valence-corrected chi connectivity index (χ3v) is 3.02. The van der Waals surface area contributed by atoms with Gasteiger partial charge in [-0.25, -0.2) is 4.79 Å². The molecule has 0 bridgehead atoms. The fourth-order valence-corrected chi connectivity index (χ4v) is 1.98. The minimum Gasteiger partial charge on any atom is -0.462 e. The molecule has 0 atom stereocenters. The smallest absolute Gasteiger partial charge is 0.338 e. The van der Waals surface area contributed by atoms with Gasteiger partial charge in [0.2, 0.25) is 0 Å². The molecule has 100 valence electrons. The van der Waals surface area contributed by atoms with Gasteiger partial charge < -0.3 is 10.1 Å². The van der Waals surface area contributed by atoms with E-state index in [1.54, 1.807) is 37.4 Å². The number of ketones is 1. The summed E-state index contributed by atoms with van der Waals surface area (Å²) in [6.07, 6.45) is 4.19. The predicted molar refractivity (Wildman–Crippen MR) is 73.0 cm³/mol. The van der Waals surface area contributed by atoms with Gasteiger partial charge in [-0.2, -0.15) is 0 Å². The van der Waals surface area contributed by atoms with Crippen molar-refractivity contribution in [1.29, 1.82) is 0 Å². The number of rotatable bonds is 4. The van der Waals surface area contributed by atoms with Crippen molar-refractivity contribution in [3.8, 4) is 0 Å². The van der Waals surface area contributed by atoms with Gasteiger partial charge in [-0.15, -0.1) is 0 Å². The predicted octanol–water partition coefficient (Wildman–Crippen LogP) is 2.91. The molecule has 1 aromatic carbocycles. The minimum absolute atomic E-state index is 0.218.